The van der Waals surface area contributed by atoms with Crippen LogP contribution in [0.25, 0.3) is 5.52 Å². The molecule has 1 aromatic carbocycles. The third-order valence-electron chi connectivity index (χ3n) is 3.09. The van der Waals surface area contributed by atoms with Gasteiger partial charge in [0, 0.05) is 18.9 Å². The molecule has 0 saturated heterocycles. The Hall–Kier alpha value is -2.57. The predicted octanol–water partition coefficient (Wildman–Crippen LogP) is 3.36. The maximum Gasteiger partial charge on any atom is 0.416 e. The monoisotopic (exact) mass is 292 g/mol. The van der Waals surface area contributed by atoms with Gasteiger partial charge in [-0.15, -0.1) is 0 Å². The summed E-state index contributed by atoms with van der Waals surface area (Å²) in [4.78, 5) is 4.13. The molecule has 0 atom stereocenters. The van der Waals surface area contributed by atoms with E-state index in [2.05, 4.69) is 15.4 Å². The molecule has 0 amide bonds. The zero-order valence-corrected chi connectivity index (χ0v) is 10.8. The van der Waals surface area contributed by atoms with Crippen LogP contribution in [0.5, 0.6) is 0 Å². The Kier molecular flexibility index (Phi) is 3.25. The van der Waals surface area contributed by atoms with Crippen molar-refractivity contribution in [3.05, 3.63) is 60.0 Å². The standard InChI is InChI=1S/C14H11F3N4/c15-14(16,17)11-4-2-1-3-10(11)9-19-13-12-5-6-20-21(12)8-7-18-13/h1-8H,9H2,(H,18,19). The third-order valence-corrected chi connectivity index (χ3v) is 3.09. The van der Waals surface area contributed by atoms with E-state index in [4.69, 9.17) is 0 Å². The molecule has 7 heteroatoms. The minimum Gasteiger partial charge on any atom is -0.364 e. The van der Waals surface area contributed by atoms with Gasteiger partial charge in [-0.3, -0.25) is 0 Å². The summed E-state index contributed by atoms with van der Waals surface area (Å²) in [6, 6.07) is 7.22. The number of rotatable bonds is 3. The molecule has 3 rings (SSSR count). The van der Waals surface area contributed by atoms with Gasteiger partial charge in [-0.2, -0.15) is 18.3 Å². The predicted molar refractivity (Wildman–Crippen MR) is 71.8 cm³/mol. The molecule has 0 radical (unpaired) electrons. The number of hydrogen-bond acceptors (Lipinski definition) is 3. The summed E-state index contributed by atoms with van der Waals surface area (Å²) in [6.07, 6.45) is 0.447. The van der Waals surface area contributed by atoms with Crippen LogP contribution in [0.1, 0.15) is 11.1 Å². The summed E-state index contributed by atoms with van der Waals surface area (Å²) >= 11 is 0. The first-order chi connectivity index (χ1) is 10.1. The van der Waals surface area contributed by atoms with Crippen LogP contribution in [-0.2, 0) is 12.7 Å². The number of hydrogen-bond donors (Lipinski definition) is 1. The number of anilines is 1. The first-order valence-electron chi connectivity index (χ1n) is 6.23. The number of fused-ring (bicyclic) bond motifs is 1. The van der Waals surface area contributed by atoms with Gasteiger partial charge in [-0.25, -0.2) is 9.50 Å². The topological polar surface area (TPSA) is 42.2 Å². The molecule has 108 valence electrons. The highest BCUT2D eigenvalue weighted by Gasteiger charge is 2.32. The van der Waals surface area contributed by atoms with Gasteiger partial charge in [0.15, 0.2) is 5.82 Å². The van der Waals surface area contributed by atoms with E-state index in [1.54, 1.807) is 29.0 Å². The van der Waals surface area contributed by atoms with Crippen molar-refractivity contribution in [2.75, 3.05) is 5.32 Å². The summed E-state index contributed by atoms with van der Waals surface area (Å²) in [5.74, 6) is 0.493. The van der Waals surface area contributed by atoms with Gasteiger partial charge >= 0.3 is 6.18 Å². The van der Waals surface area contributed by atoms with E-state index in [-0.39, 0.29) is 12.1 Å². The Balaban J connectivity index is 1.87. The van der Waals surface area contributed by atoms with Crippen LogP contribution >= 0.6 is 0 Å². The fourth-order valence-corrected chi connectivity index (χ4v) is 2.12. The lowest BCUT2D eigenvalue weighted by Crippen LogP contribution is -2.12. The molecule has 0 unspecified atom stereocenters. The lowest BCUT2D eigenvalue weighted by molar-refractivity contribution is -0.138. The molecule has 0 bridgehead atoms. The molecule has 2 heterocycles. The van der Waals surface area contributed by atoms with Crippen molar-refractivity contribution in [2.45, 2.75) is 12.7 Å². The molecule has 0 saturated carbocycles. The Morgan fingerprint density at radius 2 is 1.90 bits per heavy atom. The van der Waals surface area contributed by atoms with Gasteiger partial charge in [0.25, 0.3) is 0 Å². The zero-order valence-electron chi connectivity index (χ0n) is 10.8. The summed E-state index contributed by atoms with van der Waals surface area (Å²) in [7, 11) is 0. The number of alkyl halides is 3. The molecule has 0 spiro atoms. The highest BCUT2D eigenvalue weighted by Crippen LogP contribution is 2.32. The van der Waals surface area contributed by atoms with E-state index in [9.17, 15) is 13.2 Å². The molecular formula is C14H11F3N4. The van der Waals surface area contributed by atoms with Gasteiger partial charge < -0.3 is 5.32 Å². The molecule has 4 nitrogen and oxygen atoms in total. The van der Waals surface area contributed by atoms with Gasteiger partial charge in [-0.1, -0.05) is 18.2 Å². The Bertz CT molecular complexity index is 764. The number of aromatic nitrogens is 3. The van der Waals surface area contributed by atoms with Crippen molar-refractivity contribution < 1.29 is 13.2 Å². The number of benzene rings is 1. The van der Waals surface area contributed by atoms with Gasteiger partial charge in [0.05, 0.1) is 11.8 Å². The summed E-state index contributed by atoms with van der Waals surface area (Å²) < 4.78 is 40.4. The van der Waals surface area contributed by atoms with Crippen LogP contribution < -0.4 is 5.32 Å². The normalized spacial score (nSPS) is 11.8. The molecule has 2 aromatic heterocycles. The lowest BCUT2D eigenvalue weighted by atomic mass is 10.1. The maximum atomic E-state index is 12.9. The average molecular weight is 292 g/mol. The first kappa shape index (κ1) is 13.4. The van der Waals surface area contributed by atoms with E-state index in [0.717, 1.165) is 6.07 Å². The molecule has 0 fully saturated rings. The minimum atomic E-state index is -4.37. The van der Waals surface area contributed by atoms with Crippen molar-refractivity contribution in [3.8, 4) is 0 Å². The minimum absolute atomic E-state index is 0.0353. The molecule has 0 aliphatic carbocycles. The fourth-order valence-electron chi connectivity index (χ4n) is 2.12. The van der Waals surface area contributed by atoms with E-state index < -0.39 is 11.7 Å². The molecular weight excluding hydrogens is 281 g/mol. The Morgan fingerprint density at radius 1 is 1.10 bits per heavy atom. The van der Waals surface area contributed by atoms with E-state index in [1.807, 2.05) is 0 Å². The number of nitrogens with one attached hydrogen (secondary N) is 1. The second-order valence-electron chi connectivity index (χ2n) is 4.45. The van der Waals surface area contributed by atoms with Crippen molar-refractivity contribution in [1.29, 1.82) is 0 Å². The summed E-state index contributed by atoms with van der Waals surface area (Å²) in [5, 5.41) is 6.98. The molecule has 21 heavy (non-hydrogen) atoms. The van der Waals surface area contributed by atoms with Crippen LogP contribution in [-0.4, -0.2) is 14.6 Å². The number of nitrogens with zero attached hydrogens (tertiary/aromatic N) is 3. The highest BCUT2D eigenvalue weighted by molar-refractivity contribution is 5.66. The van der Waals surface area contributed by atoms with Gasteiger partial charge in [0.1, 0.15) is 5.52 Å². The van der Waals surface area contributed by atoms with Crippen molar-refractivity contribution in [1.82, 2.24) is 14.6 Å². The smallest absolute Gasteiger partial charge is 0.364 e. The van der Waals surface area contributed by atoms with E-state index >= 15 is 0 Å². The highest BCUT2D eigenvalue weighted by atomic mass is 19.4. The van der Waals surface area contributed by atoms with Gasteiger partial charge in [-0.05, 0) is 17.7 Å². The first-order valence-corrected chi connectivity index (χ1v) is 6.23. The van der Waals surface area contributed by atoms with Crippen molar-refractivity contribution >= 4 is 11.3 Å². The second-order valence-corrected chi connectivity index (χ2v) is 4.45. The Morgan fingerprint density at radius 3 is 2.71 bits per heavy atom. The van der Waals surface area contributed by atoms with Gasteiger partial charge in [0.2, 0.25) is 0 Å². The SMILES string of the molecule is FC(F)(F)c1ccccc1CNc1nccn2nccc12. The van der Waals surface area contributed by atoms with Crippen molar-refractivity contribution in [2.24, 2.45) is 0 Å². The molecule has 3 aromatic rings. The third kappa shape index (κ3) is 2.67. The summed E-state index contributed by atoms with van der Waals surface area (Å²) in [5.41, 5.74) is 0.244. The number of halogens is 3. The second kappa shape index (κ2) is 5.08. The van der Waals surface area contributed by atoms with E-state index in [1.165, 1.54) is 18.3 Å². The fraction of sp³-hybridized carbons (Fsp3) is 0.143. The van der Waals surface area contributed by atoms with Crippen LogP contribution in [0.15, 0.2) is 48.9 Å². The largest absolute Gasteiger partial charge is 0.416 e. The van der Waals surface area contributed by atoms with Crippen LogP contribution in [0.4, 0.5) is 19.0 Å². The van der Waals surface area contributed by atoms with Crippen LogP contribution in [0.3, 0.4) is 0 Å². The molecule has 0 aliphatic heterocycles. The summed E-state index contributed by atoms with van der Waals surface area (Å²) in [6.45, 7) is 0.0353. The zero-order chi connectivity index (χ0) is 14.9. The lowest BCUT2D eigenvalue weighted by Gasteiger charge is -2.13. The molecule has 0 aliphatic rings. The van der Waals surface area contributed by atoms with Crippen LogP contribution in [0, 0.1) is 0 Å². The maximum absolute atomic E-state index is 12.9. The van der Waals surface area contributed by atoms with Crippen LogP contribution in [0.2, 0.25) is 0 Å². The average Bonchev–Trinajstić information content (AvgIpc) is 2.93. The van der Waals surface area contributed by atoms with E-state index in [0.29, 0.717) is 11.3 Å². The van der Waals surface area contributed by atoms with Crippen molar-refractivity contribution in [3.63, 3.8) is 0 Å². The Labute approximate surface area is 118 Å². The molecule has 1 N–H and O–H groups in total. The quantitative estimate of drug-likeness (QED) is 0.805.